The number of aliphatic imine (C=N–C) groups is 1. The van der Waals surface area contributed by atoms with Crippen LogP contribution in [-0.4, -0.2) is 58.1 Å². The first-order chi connectivity index (χ1) is 23.8. The summed E-state index contributed by atoms with van der Waals surface area (Å²) in [5, 5.41) is 34.1. The average Bonchev–Trinajstić information content (AvgIpc) is 3.69. The zero-order chi connectivity index (χ0) is 34.6. The Morgan fingerprint density at radius 3 is 2.67 bits per heavy atom. The molecule has 2 aliphatic heterocycles. The quantitative estimate of drug-likeness (QED) is 0.0773. The molecular formula is C40H50N4O5. The highest BCUT2D eigenvalue weighted by molar-refractivity contribution is 5.87. The molecule has 9 heteroatoms. The number of fused-ring (bicyclic) bond motifs is 1. The number of hydrogen-bond donors (Lipinski definition) is 5. The Morgan fingerprint density at radius 1 is 1.04 bits per heavy atom. The molecule has 3 aromatic carbocycles. The molecule has 0 saturated heterocycles. The number of ketones is 1. The normalized spacial score (nSPS) is 15.0. The Bertz CT molecular complexity index is 1650. The molecule has 0 bridgehead atoms. The number of phenolic OH excluding ortho intramolecular Hbond substituents is 1. The van der Waals surface area contributed by atoms with Crippen LogP contribution < -0.4 is 15.8 Å². The van der Waals surface area contributed by atoms with Crippen molar-refractivity contribution < 1.29 is 24.9 Å². The molecule has 2 heterocycles. The number of aromatic hydroxyl groups is 1. The van der Waals surface area contributed by atoms with Crippen LogP contribution in [0.15, 0.2) is 94.8 Å². The predicted molar refractivity (Wildman–Crippen MR) is 193 cm³/mol. The second-order valence-corrected chi connectivity index (χ2v) is 13.0. The van der Waals surface area contributed by atoms with Crippen LogP contribution in [0.25, 0.3) is 0 Å². The fraction of sp³-hybridized carbons (Fsp3) is 0.400. The van der Waals surface area contributed by atoms with E-state index in [0.29, 0.717) is 38.0 Å². The number of Topliss-reactive ketones (excluding diaryl/α,β-unsaturated/α-hetero) is 1. The number of aliphatic hydroxyl groups excluding tert-OH is 2. The summed E-state index contributed by atoms with van der Waals surface area (Å²) in [6.45, 7) is 3.63. The molecule has 260 valence electrons. The van der Waals surface area contributed by atoms with Gasteiger partial charge in [-0.1, -0.05) is 80.8 Å². The standard InChI is InChI=1S/C40H50N4O5/c1-2-3-5-10-34(46)22-35(47)15-11-29-12-16-38(48)39(19-29)49-27-44-24-36-33(23-43-37(36)25-44)21-32-20-30(13-14-31(32)26-45)40(41)42-18-17-28-8-6-4-7-9-28/h4,6-9,12-14,16,19-20,23,25,34,40,42,45-46,48H,2-3,5,10-11,15,17-18,21-22,24,26-27,41H2,1H3/t34-,40-/m1/s1. The van der Waals surface area contributed by atoms with Crippen molar-refractivity contribution in [2.24, 2.45) is 10.7 Å². The SMILES string of the molecule is CCCCC[C@@H](O)CC(=O)CCc1ccc(O)c(OCN2C=C3N=CC(Cc4cc([C@H](N)NCCc5ccccc5)ccc4CO)=C3C2)c1. The molecule has 5 rings (SSSR count). The van der Waals surface area contributed by atoms with E-state index in [4.69, 9.17) is 10.5 Å². The van der Waals surface area contributed by atoms with Crippen LogP contribution in [0, 0.1) is 0 Å². The van der Waals surface area contributed by atoms with Gasteiger partial charge in [-0.2, -0.15) is 0 Å². The van der Waals surface area contributed by atoms with Gasteiger partial charge in [0.2, 0.25) is 0 Å². The Labute approximate surface area is 289 Å². The molecule has 0 spiro atoms. The van der Waals surface area contributed by atoms with Crippen LogP contribution in [0.4, 0.5) is 0 Å². The van der Waals surface area contributed by atoms with Crippen LogP contribution in [0.2, 0.25) is 0 Å². The minimum atomic E-state index is -0.579. The molecule has 3 aromatic rings. The van der Waals surface area contributed by atoms with Crippen LogP contribution in [0.1, 0.15) is 79.4 Å². The maximum Gasteiger partial charge on any atom is 0.163 e. The number of phenols is 1. The van der Waals surface area contributed by atoms with Gasteiger partial charge < -0.3 is 30.7 Å². The van der Waals surface area contributed by atoms with Gasteiger partial charge in [-0.05, 0) is 71.2 Å². The third kappa shape index (κ3) is 10.4. The van der Waals surface area contributed by atoms with Crippen LogP contribution in [0.5, 0.6) is 11.5 Å². The third-order valence-corrected chi connectivity index (χ3v) is 9.19. The summed E-state index contributed by atoms with van der Waals surface area (Å²) < 4.78 is 6.02. The summed E-state index contributed by atoms with van der Waals surface area (Å²) in [6, 6.07) is 21.5. The van der Waals surface area contributed by atoms with Crippen molar-refractivity contribution in [1.82, 2.24) is 10.2 Å². The lowest BCUT2D eigenvalue weighted by atomic mass is 9.95. The predicted octanol–water partition coefficient (Wildman–Crippen LogP) is 5.62. The Morgan fingerprint density at radius 2 is 1.88 bits per heavy atom. The van der Waals surface area contributed by atoms with Gasteiger partial charge in [-0.15, -0.1) is 0 Å². The van der Waals surface area contributed by atoms with Crippen LogP contribution >= 0.6 is 0 Å². The molecular weight excluding hydrogens is 616 g/mol. The van der Waals surface area contributed by atoms with E-state index >= 15 is 0 Å². The molecule has 6 N–H and O–H groups in total. The number of benzene rings is 3. The first-order valence-electron chi connectivity index (χ1n) is 17.4. The summed E-state index contributed by atoms with van der Waals surface area (Å²) in [5.41, 5.74) is 14.6. The highest BCUT2D eigenvalue weighted by Gasteiger charge is 2.26. The molecule has 0 radical (unpaired) electrons. The van der Waals surface area contributed by atoms with E-state index in [1.54, 1.807) is 18.2 Å². The first kappa shape index (κ1) is 36.0. The molecule has 0 aromatic heterocycles. The van der Waals surface area contributed by atoms with Crippen LogP contribution in [-0.2, 0) is 30.7 Å². The van der Waals surface area contributed by atoms with E-state index in [2.05, 4.69) is 35.4 Å². The number of unbranched alkanes of at least 4 members (excludes halogenated alkanes) is 2. The molecule has 0 saturated carbocycles. The zero-order valence-corrected chi connectivity index (χ0v) is 28.5. The number of nitrogens with zero attached hydrogens (tertiary/aromatic N) is 2. The van der Waals surface area contributed by atoms with Crippen LogP contribution in [0.3, 0.4) is 0 Å². The van der Waals surface area contributed by atoms with Crippen molar-refractivity contribution in [3.05, 3.63) is 118 Å². The summed E-state index contributed by atoms with van der Waals surface area (Å²) in [6.07, 6.45) is 9.21. The zero-order valence-electron chi connectivity index (χ0n) is 28.5. The number of carbonyl (C=O) groups excluding carboxylic acids is 1. The van der Waals surface area contributed by atoms with Gasteiger partial charge in [0.1, 0.15) is 5.78 Å². The molecule has 0 fully saturated rings. The van der Waals surface area contributed by atoms with Gasteiger partial charge in [0.05, 0.1) is 24.6 Å². The number of nitrogens with one attached hydrogen (secondary N) is 1. The van der Waals surface area contributed by atoms with Crippen molar-refractivity contribution in [2.75, 3.05) is 19.8 Å². The summed E-state index contributed by atoms with van der Waals surface area (Å²) in [5.74, 6) is 0.432. The van der Waals surface area contributed by atoms with E-state index in [-0.39, 0.29) is 37.5 Å². The lowest BCUT2D eigenvalue weighted by molar-refractivity contribution is -0.121. The lowest BCUT2D eigenvalue weighted by Crippen LogP contribution is -2.30. The Hall–Kier alpha value is -4.28. The van der Waals surface area contributed by atoms with E-state index in [0.717, 1.165) is 71.3 Å². The van der Waals surface area contributed by atoms with E-state index in [1.807, 2.05) is 47.6 Å². The molecule has 49 heavy (non-hydrogen) atoms. The fourth-order valence-electron chi connectivity index (χ4n) is 6.28. The van der Waals surface area contributed by atoms with Crippen molar-refractivity contribution in [3.63, 3.8) is 0 Å². The lowest BCUT2D eigenvalue weighted by Gasteiger charge is -2.19. The van der Waals surface area contributed by atoms with Gasteiger partial charge in [0.15, 0.2) is 18.2 Å². The third-order valence-electron chi connectivity index (χ3n) is 9.19. The number of aliphatic hydroxyl groups is 2. The van der Waals surface area contributed by atoms with E-state index in [1.165, 1.54) is 5.56 Å². The molecule has 9 nitrogen and oxygen atoms in total. The number of carbonyl (C=O) groups is 1. The van der Waals surface area contributed by atoms with Gasteiger partial charge in [-0.3, -0.25) is 15.1 Å². The summed E-state index contributed by atoms with van der Waals surface area (Å²) >= 11 is 0. The van der Waals surface area contributed by atoms with Gasteiger partial charge >= 0.3 is 0 Å². The minimum Gasteiger partial charge on any atom is -0.504 e. The van der Waals surface area contributed by atoms with E-state index < -0.39 is 6.10 Å². The smallest absolute Gasteiger partial charge is 0.163 e. The van der Waals surface area contributed by atoms with Gasteiger partial charge in [0, 0.05) is 43.9 Å². The van der Waals surface area contributed by atoms with Crippen molar-refractivity contribution in [2.45, 2.75) is 83.6 Å². The van der Waals surface area contributed by atoms with Crippen molar-refractivity contribution >= 4 is 12.0 Å². The topological polar surface area (TPSA) is 141 Å². The molecule has 0 amide bonds. The highest BCUT2D eigenvalue weighted by atomic mass is 16.5. The summed E-state index contributed by atoms with van der Waals surface area (Å²) in [4.78, 5) is 19.1. The van der Waals surface area contributed by atoms with Crippen molar-refractivity contribution in [3.8, 4) is 11.5 Å². The number of hydrogen-bond acceptors (Lipinski definition) is 9. The minimum absolute atomic E-state index is 0.0376. The largest absolute Gasteiger partial charge is 0.504 e. The second-order valence-electron chi connectivity index (χ2n) is 13.0. The maximum absolute atomic E-state index is 12.4. The maximum atomic E-state index is 12.4. The highest BCUT2D eigenvalue weighted by Crippen LogP contribution is 2.33. The Balaban J connectivity index is 1.14. The number of nitrogens with two attached hydrogens (primary N) is 1. The van der Waals surface area contributed by atoms with Gasteiger partial charge in [0.25, 0.3) is 0 Å². The monoisotopic (exact) mass is 666 g/mol. The number of allylic oxidation sites excluding steroid dienone is 1. The number of aryl methyl sites for hydroxylation is 1. The molecule has 0 aliphatic carbocycles. The molecule has 2 aliphatic rings. The number of rotatable bonds is 20. The molecule has 2 atom stereocenters. The molecule has 0 unspecified atom stereocenters. The second kappa shape index (κ2) is 17.9. The van der Waals surface area contributed by atoms with E-state index in [9.17, 15) is 20.1 Å². The summed E-state index contributed by atoms with van der Waals surface area (Å²) in [7, 11) is 0. The number of ether oxygens (including phenoxy) is 1. The first-order valence-corrected chi connectivity index (χ1v) is 17.4. The van der Waals surface area contributed by atoms with Gasteiger partial charge in [-0.25, -0.2) is 0 Å². The fourth-order valence-corrected chi connectivity index (χ4v) is 6.28. The Kier molecular flexibility index (Phi) is 13.2. The van der Waals surface area contributed by atoms with Crippen molar-refractivity contribution in [1.29, 1.82) is 0 Å². The average molecular weight is 667 g/mol.